The van der Waals surface area contributed by atoms with Gasteiger partial charge in [-0.2, -0.15) is 0 Å². The number of carbonyl (C=O) groups is 1. The highest BCUT2D eigenvalue weighted by molar-refractivity contribution is 7.90. The van der Waals surface area contributed by atoms with Gasteiger partial charge in [-0.25, -0.2) is 17.8 Å². The van der Waals surface area contributed by atoms with Gasteiger partial charge in [0.1, 0.15) is 0 Å². The lowest BCUT2D eigenvalue weighted by Gasteiger charge is -2.25. The van der Waals surface area contributed by atoms with Gasteiger partial charge in [0.05, 0.1) is 28.5 Å². The van der Waals surface area contributed by atoms with Crippen molar-refractivity contribution in [1.82, 2.24) is 19.7 Å². The molecule has 1 aromatic heterocycles. The van der Waals surface area contributed by atoms with Crippen LogP contribution in [0.1, 0.15) is 16.1 Å². The van der Waals surface area contributed by atoms with Crippen LogP contribution in [-0.2, 0) is 16.6 Å². The molecule has 0 fully saturated rings. The number of nitrogens with one attached hydrogen (secondary N) is 1. The van der Waals surface area contributed by atoms with Crippen LogP contribution in [0.3, 0.4) is 0 Å². The molecule has 1 aliphatic rings. The van der Waals surface area contributed by atoms with E-state index in [0.717, 1.165) is 28.3 Å². The van der Waals surface area contributed by atoms with Gasteiger partial charge in [0.2, 0.25) is 0 Å². The van der Waals surface area contributed by atoms with E-state index in [2.05, 4.69) is 19.9 Å². The second-order valence-electron chi connectivity index (χ2n) is 7.85. The topological polar surface area (TPSA) is 97.2 Å². The van der Waals surface area contributed by atoms with Crippen molar-refractivity contribution in [3.8, 4) is 11.3 Å². The molecule has 0 radical (unpaired) electrons. The SMILES string of the molecule is Cc1nnn2c1-c1ccc(C(=O)NS(=O)(=O)c3ccccc3)cc1N(c1ccc(Cl)cc1)CC2. The van der Waals surface area contributed by atoms with Gasteiger partial charge in [0.15, 0.2) is 0 Å². The molecule has 0 spiro atoms. The number of benzene rings is 3. The minimum atomic E-state index is -4.00. The van der Waals surface area contributed by atoms with Crippen molar-refractivity contribution < 1.29 is 13.2 Å². The molecular formula is C24H20ClN5O3S. The second-order valence-corrected chi connectivity index (χ2v) is 9.97. The number of aromatic nitrogens is 3. The number of amides is 1. The second kappa shape index (κ2) is 8.58. The van der Waals surface area contributed by atoms with Crippen molar-refractivity contribution in [3.63, 3.8) is 0 Å². The lowest BCUT2D eigenvalue weighted by molar-refractivity contribution is 0.0981. The van der Waals surface area contributed by atoms with Gasteiger partial charge >= 0.3 is 0 Å². The first-order chi connectivity index (χ1) is 16.3. The molecule has 0 atom stereocenters. The van der Waals surface area contributed by atoms with Crippen LogP contribution in [0.15, 0.2) is 77.7 Å². The zero-order chi connectivity index (χ0) is 23.9. The highest BCUT2D eigenvalue weighted by Gasteiger charge is 2.26. The molecule has 0 saturated carbocycles. The van der Waals surface area contributed by atoms with Crippen molar-refractivity contribution in [1.29, 1.82) is 0 Å². The van der Waals surface area contributed by atoms with E-state index in [-0.39, 0.29) is 10.5 Å². The highest BCUT2D eigenvalue weighted by Crippen LogP contribution is 2.39. The number of fused-ring (bicyclic) bond motifs is 3. The molecule has 8 nitrogen and oxygen atoms in total. The van der Waals surface area contributed by atoms with Gasteiger partial charge in [-0.05, 0) is 61.5 Å². The molecule has 4 aromatic rings. The van der Waals surface area contributed by atoms with Crippen LogP contribution < -0.4 is 9.62 Å². The van der Waals surface area contributed by atoms with Gasteiger partial charge in [-0.15, -0.1) is 5.10 Å². The van der Waals surface area contributed by atoms with Gasteiger partial charge in [-0.3, -0.25) is 4.79 Å². The van der Waals surface area contributed by atoms with Crippen molar-refractivity contribution in [3.05, 3.63) is 89.1 Å². The minimum Gasteiger partial charge on any atom is -0.339 e. The first kappa shape index (κ1) is 22.1. The van der Waals surface area contributed by atoms with Crippen LogP contribution in [0.5, 0.6) is 0 Å². The zero-order valence-electron chi connectivity index (χ0n) is 18.1. The highest BCUT2D eigenvalue weighted by atomic mass is 35.5. The largest absolute Gasteiger partial charge is 0.339 e. The molecule has 10 heteroatoms. The van der Waals surface area contributed by atoms with E-state index in [1.807, 2.05) is 23.7 Å². The lowest BCUT2D eigenvalue weighted by Crippen LogP contribution is -2.30. The first-order valence-corrected chi connectivity index (χ1v) is 12.4. The monoisotopic (exact) mass is 493 g/mol. The number of aryl methyl sites for hydroxylation is 1. The maximum atomic E-state index is 13.0. The number of hydrogen-bond donors (Lipinski definition) is 1. The summed E-state index contributed by atoms with van der Waals surface area (Å²) >= 11 is 6.09. The average molecular weight is 494 g/mol. The zero-order valence-corrected chi connectivity index (χ0v) is 19.7. The van der Waals surface area contributed by atoms with Crippen molar-refractivity contribution >= 4 is 38.9 Å². The van der Waals surface area contributed by atoms with E-state index >= 15 is 0 Å². The Bertz CT molecular complexity index is 1490. The van der Waals surface area contributed by atoms with E-state index in [4.69, 9.17) is 11.6 Å². The quantitative estimate of drug-likeness (QED) is 0.458. The molecular weight excluding hydrogens is 474 g/mol. The fraction of sp³-hybridized carbons (Fsp3) is 0.125. The Morgan fingerprint density at radius 2 is 1.74 bits per heavy atom. The summed E-state index contributed by atoms with van der Waals surface area (Å²) in [6, 6.07) is 20.3. The van der Waals surface area contributed by atoms with Crippen LogP contribution in [0, 0.1) is 6.92 Å². The van der Waals surface area contributed by atoms with E-state index in [1.54, 1.807) is 48.5 Å². The van der Waals surface area contributed by atoms with Crippen molar-refractivity contribution in [2.75, 3.05) is 11.4 Å². The molecule has 2 heterocycles. The molecule has 1 aliphatic heterocycles. The fourth-order valence-electron chi connectivity index (χ4n) is 4.03. The smallest absolute Gasteiger partial charge is 0.265 e. The van der Waals surface area contributed by atoms with E-state index in [1.165, 1.54) is 12.1 Å². The Hall–Kier alpha value is -3.69. The summed E-state index contributed by atoms with van der Waals surface area (Å²) in [6.45, 7) is 3.03. The third-order valence-electron chi connectivity index (χ3n) is 5.66. The van der Waals surface area contributed by atoms with Crippen LogP contribution in [-0.4, -0.2) is 35.9 Å². The predicted molar refractivity (Wildman–Crippen MR) is 130 cm³/mol. The minimum absolute atomic E-state index is 0.0199. The number of sulfonamides is 1. The standard InChI is InChI=1S/C24H20ClN5O3S/c1-16-23-21-12-7-17(24(31)27-34(32,33)20-5-3-2-4-6-20)15-22(21)29(13-14-30(23)28-26-16)19-10-8-18(25)9-11-19/h2-12,15H,13-14H2,1H3,(H,27,31). The number of rotatable bonds is 4. The van der Waals surface area contributed by atoms with E-state index < -0.39 is 15.9 Å². The van der Waals surface area contributed by atoms with Crippen LogP contribution in [0.4, 0.5) is 11.4 Å². The Morgan fingerprint density at radius 3 is 2.47 bits per heavy atom. The van der Waals surface area contributed by atoms with Crippen LogP contribution in [0.2, 0.25) is 5.02 Å². The molecule has 1 amide bonds. The summed E-state index contributed by atoms with van der Waals surface area (Å²) < 4.78 is 29.4. The number of halogens is 1. The Morgan fingerprint density at radius 1 is 1.00 bits per heavy atom. The summed E-state index contributed by atoms with van der Waals surface area (Å²) in [7, 11) is -4.00. The Balaban J connectivity index is 1.58. The summed E-state index contributed by atoms with van der Waals surface area (Å²) in [5, 5.41) is 9.08. The molecule has 172 valence electrons. The summed E-state index contributed by atoms with van der Waals surface area (Å²) in [4.78, 5) is 15.1. The molecule has 1 N–H and O–H groups in total. The molecule has 0 unspecified atom stereocenters. The number of anilines is 2. The Labute approximate surface area is 201 Å². The first-order valence-electron chi connectivity index (χ1n) is 10.5. The molecule has 0 aliphatic carbocycles. The molecule has 34 heavy (non-hydrogen) atoms. The summed E-state index contributed by atoms with van der Waals surface area (Å²) in [6.07, 6.45) is 0. The average Bonchev–Trinajstić information content (AvgIpc) is 3.11. The summed E-state index contributed by atoms with van der Waals surface area (Å²) in [5.74, 6) is -0.713. The van der Waals surface area contributed by atoms with Crippen molar-refractivity contribution in [2.45, 2.75) is 18.4 Å². The lowest BCUT2D eigenvalue weighted by atomic mass is 10.0. The van der Waals surface area contributed by atoms with Crippen LogP contribution in [0.25, 0.3) is 11.3 Å². The Kier molecular flexibility index (Phi) is 5.59. The normalized spacial score (nSPS) is 13.1. The number of hydrogen-bond acceptors (Lipinski definition) is 6. The van der Waals surface area contributed by atoms with Crippen LogP contribution >= 0.6 is 11.6 Å². The molecule has 0 bridgehead atoms. The van der Waals surface area contributed by atoms with Gasteiger partial charge in [0, 0.05) is 28.4 Å². The number of nitrogens with zero attached hydrogens (tertiary/aromatic N) is 4. The summed E-state index contributed by atoms with van der Waals surface area (Å²) in [5.41, 5.74) is 4.32. The van der Waals surface area contributed by atoms with E-state index in [0.29, 0.717) is 18.1 Å². The fourth-order valence-corrected chi connectivity index (χ4v) is 5.15. The van der Waals surface area contributed by atoms with Gasteiger partial charge in [0.25, 0.3) is 15.9 Å². The van der Waals surface area contributed by atoms with Gasteiger partial charge in [-0.1, -0.05) is 35.0 Å². The maximum Gasteiger partial charge on any atom is 0.265 e. The molecule has 0 saturated heterocycles. The van der Waals surface area contributed by atoms with E-state index in [9.17, 15) is 13.2 Å². The third-order valence-corrected chi connectivity index (χ3v) is 7.26. The molecule has 3 aromatic carbocycles. The predicted octanol–water partition coefficient (Wildman–Crippen LogP) is 4.18. The molecule has 5 rings (SSSR count). The maximum absolute atomic E-state index is 13.0. The number of carbonyl (C=O) groups excluding carboxylic acids is 1. The van der Waals surface area contributed by atoms with Crippen molar-refractivity contribution in [2.24, 2.45) is 0 Å². The van der Waals surface area contributed by atoms with Gasteiger partial charge < -0.3 is 4.90 Å². The third kappa shape index (κ3) is 4.04.